The van der Waals surface area contributed by atoms with Crippen LogP contribution < -0.4 is 9.64 Å². The number of anilines is 1. The first-order valence-corrected chi connectivity index (χ1v) is 9.62. The summed E-state index contributed by atoms with van der Waals surface area (Å²) >= 11 is 0. The lowest BCUT2D eigenvalue weighted by Gasteiger charge is -2.34. The average molecular weight is 366 g/mol. The fourth-order valence-corrected chi connectivity index (χ4v) is 3.94. The van der Waals surface area contributed by atoms with E-state index in [4.69, 9.17) is 9.47 Å². The Balaban J connectivity index is 1.33. The molecule has 1 saturated heterocycles. The van der Waals surface area contributed by atoms with Crippen LogP contribution in [-0.4, -0.2) is 55.8 Å². The van der Waals surface area contributed by atoms with E-state index in [9.17, 15) is 4.79 Å². The van der Waals surface area contributed by atoms with Crippen molar-refractivity contribution in [3.63, 3.8) is 0 Å². The van der Waals surface area contributed by atoms with Crippen LogP contribution in [0, 0.1) is 0 Å². The molecular weight excluding hydrogens is 340 g/mol. The molecule has 2 aromatic rings. The Labute approximate surface area is 160 Å². The number of carbonyl (C=O) groups is 1. The van der Waals surface area contributed by atoms with Gasteiger partial charge in [-0.1, -0.05) is 36.4 Å². The maximum absolute atomic E-state index is 13.0. The highest BCUT2D eigenvalue weighted by atomic mass is 16.5. The minimum Gasteiger partial charge on any atom is -0.491 e. The van der Waals surface area contributed by atoms with E-state index in [0.717, 1.165) is 24.4 Å². The summed E-state index contributed by atoms with van der Waals surface area (Å²) < 4.78 is 11.6. The molecule has 0 radical (unpaired) electrons. The molecule has 2 aliphatic heterocycles. The molecule has 142 valence electrons. The molecule has 2 atom stereocenters. The quantitative estimate of drug-likeness (QED) is 0.816. The molecule has 1 fully saturated rings. The lowest BCUT2D eigenvalue weighted by Crippen LogP contribution is -2.50. The van der Waals surface area contributed by atoms with Crippen molar-refractivity contribution in [1.29, 1.82) is 0 Å². The lowest BCUT2D eigenvalue weighted by atomic mass is 10.1. The molecule has 1 amide bonds. The second-order valence-electron chi connectivity index (χ2n) is 7.30. The van der Waals surface area contributed by atoms with Gasteiger partial charge in [-0.3, -0.25) is 9.69 Å². The van der Waals surface area contributed by atoms with Crippen LogP contribution in [0.3, 0.4) is 0 Å². The number of benzene rings is 2. The first-order valence-electron chi connectivity index (χ1n) is 9.62. The number of fused-ring (bicyclic) bond motifs is 1. The van der Waals surface area contributed by atoms with Gasteiger partial charge in [-0.15, -0.1) is 0 Å². The normalized spacial score (nSPS) is 22.5. The zero-order chi connectivity index (χ0) is 18.6. The van der Waals surface area contributed by atoms with Gasteiger partial charge in [-0.2, -0.15) is 0 Å². The molecule has 4 rings (SSSR count). The predicted molar refractivity (Wildman–Crippen MR) is 105 cm³/mol. The van der Waals surface area contributed by atoms with E-state index in [1.54, 1.807) is 0 Å². The molecule has 5 nitrogen and oxygen atoms in total. The van der Waals surface area contributed by atoms with Crippen molar-refractivity contribution in [1.82, 2.24) is 4.90 Å². The van der Waals surface area contributed by atoms with Crippen LogP contribution in [0.25, 0.3) is 0 Å². The highest BCUT2D eigenvalue weighted by Gasteiger charge is 2.32. The monoisotopic (exact) mass is 366 g/mol. The lowest BCUT2D eigenvalue weighted by molar-refractivity contribution is -0.122. The number of hydrogen-bond acceptors (Lipinski definition) is 4. The van der Waals surface area contributed by atoms with Crippen LogP contribution >= 0.6 is 0 Å². The Kier molecular flexibility index (Phi) is 5.41. The Hall–Kier alpha value is -2.37. The fraction of sp³-hybridized carbons (Fsp3) is 0.409. The van der Waals surface area contributed by atoms with Crippen LogP contribution in [0.1, 0.15) is 12.5 Å². The van der Waals surface area contributed by atoms with E-state index < -0.39 is 0 Å². The van der Waals surface area contributed by atoms with E-state index in [1.165, 1.54) is 5.56 Å². The number of amides is 1. The van der Waals surface area contributed by atoms with Gasteiger partial charge < -0.3 is 14.4 Å². The number of morpholine rings is 1. The topological polar surface area (TPSA) is 42.0 Å². The van der Waals surface area contributed by atoms with E-state index in [1.807, 2.05) is 53.4 Å². The third kappa shape index (κ3) is 4.15. The summed E-state index contributed by atoms with van der Waals surface area (Å²) in [6.07, 6.45) is 0.911. The Morgan fingerprint density at radius 3 is 2.78 bits per heavy atom. The number of ether oxygens (including phenoxy) is 2. The van der Waals surface area contributed by atoms with Gasteiger partial charge in [0, 0.05) is 24.8 Å². The zero-order valence-electron chi connectivity index (χ0n) is 15.7. The van der Waals surface area contributed by atoms with Crippen LogP contribution in [0.4, 0.5) is 5.69 Å². The summed E-state index contributed by atoms with van der Waals surface area (Å²) in [4.78, 5) is 17.1. The molecule has 0 bridgehead atoms. The molecule has 2 aliphatic rings. The number of nitrogens with zero attached hydrogens (tertiary/aromatic N) is 2. The van der Waals surface area contributed by atoms with E-state index in [0.29, 0.717) is 26.3 Å². The molecule has 0 saturated carbocycles. The van der Waals surface area contributed by atoms with Gasteiger partial charge in [0.2, 0.25) is 5.91 Å². The van der Waals surface area contributed by atoms with Gasteiger partial charge in [0.15, 0.2) is 0 Å². The van der Waals surface area contributed by atoms with E-state index >= 15 is 0 Å². The van der Waals surface area contributed by atoms with Crippen LogP contribution in [0.15, 0.2) is 54.6 Å². The van der Waals surface area contributed by atoms with Gasteiger partial charge in [0.05, 0.1) is 13.2 Å². The highest BCUT2D eigenvalue weighted by molar-refractivity contribution is 5.97. The molecule has 0 aromatic heterocycles. The maximum atomic E-state index is 13.0. The van der Waals surface area contributed by atoms with Crippen molar-refractivity contribution in [2.45, 2.75) is 25.5 Å². The Morgan fingerprint density at radius 1 is 1.15 bits per heavy atom. The molecule has 2 aromatic carbocycles. The Morgan fingerprint density at radius 2 is 1.93 bits per heavy atom. The zero-order valence-corrected chi connectivity index (χ0v) is 15.7. The summed E-state index contributed by atoms with van der Waals surface area (Å²) in [6.45, 7) is 5.15. The van der Waals surface area contributed by atoms with Crippen molar-refractivity contribution < 1.29 is 14.3 Å². The van der Waals surface area contributed by atoms with Crippen molar-refractivity contribution >= 4 is 11.6 Å². The summed E-state index contributed by atoms with van der Waals surface area (Å²) in [5.41, 5.74) is 2.32. The number of hydrogen-bond donors (Lipinski definition) is 0. The second kappa shape index (κ2) is 8.11. The van der Waals surface area contributed by atoms with E-state index in [-0.39, 0.29) is 18.1 Å². The SMILES string of the molecule is CC1Cc2ccccc2N1C(=O)CN1CCO[C@@H](COc2ccccc2)C1. The molecule has 5 heteroatoms. The van der Waals surface area contributed by atoms with Crippen LogP contribution in [0.5, 0.6) is 5.75 Å². The smallest absolute Gasteiger partial charge is 0.241 e. The van der Waals surface area contributed by atoms with Crippen molar-refractivity contribution in [2.24, 2.45) is 0 Å². The molecular formula is C22H26N2O3. The average Bonchev–Trinajstić information content (AvgIpc) is 3.03. The van der Waals surface area contributed by atoms with Gasteiger partial charge >= 0.3 is 0 Å². The second-order valence-corrected chi connectivity index (χ2v) is 7.30. The maximum Gasteiger partial charge on any atom is 0.241 e. The van der Waals surface area contributed by atoms with Crippen LogP contribution in [-0.2, 0) is 16.0 Å². The minimum atomic E-state index is -0.0185. The molecule has 0 N–H and O–H groups in total. The first kappa shape index (κ1) is 18.0. The largest absolute Gasteiger partial charge is 0.491 e. The fourth-order valence-electron chi connectivity index (χ4n) is 3.94. The Bertz CT molecular complexity index is 780. The van der Waals surface area contributed by atoms with Crippen molar-refractivity contribution in [2.75, 3.05) is 37.7 Å². The van der Waals surface area contributed by atoms with Gasteiger partial charge in [-0.05, 0) is 37.1 Å². The summed E-state index contributed by atoms with van der Waals surface area (Å²) in [6, 6.07) is 18.2. The van der Waals surface area contributed by atoms with Gasteiger partial charge in [0.1, 0.15) is 18.5 Å². The third-order valence-electron chi connectivity index (χ3n) is 5.24. The summed E-state index contributed by atoms with van der Waals surface area (Å²) in [5, 5.41) is 0. The number of para-hydroxylation sites is 2. The minimum absolute atomic E-state index is 0.0185. The summed E-state index contributed by atoms with van der Waals surface area (Å²) in [5.74, 6) is 1.01. The van der Waals surface area contributed by atoms with Crippen molar-refractivity contribution in [3.05, 3.63) is 60.2 Å². The van der Waals surface area contributed by atoms with Crippen LogP contribution in [0.2, 0.25) is 0 Å². The predicted octanol–water partition coefficient (Wildman–Crippen LogP) is 2.74. The highest BCUT2D eigenvalue weighted by Crippen LogP contribution is 2.31. The molecule has 27 heavy (non-hydrogen) atoms. The van der Waals surface area contributed by atoms with Gasteiger partial charge in [-0.25, -0.2) is 0 Å². The number of rotatable bonds is 5. The van der Waals surface area contributed by atoms with E-state index in [2.05, 4.69) is 17.9 Å². The molecule has 2 heterocycles. The molecule has 0 spiro atoms. The van der Waals surface area contributed by atoms with Crippen molar-refractivity contribution in [3.8, 4) is 5.75 Å². The molecule has 1 unspecified atom stereocenters. The molecule has 0 aliphatic carbocycles. The van der Waals surface area contributed by atoms with Gasteiger partial charge in [0.25, 0.3) is 0 Å². The third-order valence-corrected chi connectivity index (χ3v) is 5.24. The number of carbonyl (C=O) groups excluding carboxylic acids is 1. The summed E-state index contributed by atoms with van der Waals surface area (Å²) in [7, 11) is 0. The standard InChI is InChI=1S/C22H26N2O3/c1-17-13-18-7-5-6-10-21(18)24(17)22(25)15-23-11-12-26-20(14-23)16-27-19-8-3-2-4-9-19/h2-10,17,20H,11-16H2,1H3/t17?,20-/m1/s1. The first-order chi connectivity index (χ1) is 13.2.